The van der Waals surface area contributed by atoms with Gasteiger partial charge in [0, 0.05) is 45.3 Å². The van der Waals surface area contributed by atoms with Gasteiger partial charge in [0.15, 0.2) is 0 Å². The summed E-state index contributed by atoms with van der Waals surface area (Å²) < 4.78 is 31.5. The zero-order valence-corrected chi connectivity index (χ0v) is 19.1. The summed E-state index contributed by atoms with van der Waals surface area (Å²) in [6, 6.07) is 6.15. The lowest BCUT2D eigenvalue weighted by atomic mass is 9.95. The Morgan fingerprint density at radius 1 is 1.20 bits per heavy atom. The maximum atomic E-state index is 13.0. The number of rotatable bonds is 6. The summed E-state index contributed by atoms with van der Waals surface area (Å²) in [5, 5.41) is 0. The molecule has 2 aliphatic heterocycles. The van der Waals surface area contributed by atoms with Crippen LogP contribution in [-0.2, 0) is 19.6 Å². The lowest BCUT2D eigenvalue weighted by molar-refractivity contribution is -0.0728. The number of hydrogen-bond acceptors (Lipinski definition) is 6. The summed E-state index contributed by atoms with van der Waals surface area (Å²) in [5.41, 5.74) is 0.384. The molecule has 1 aromatic carbocycles. The summed E-state index contributed by atoms with van der Waals surface area (Å²) in [6.07, 6.45) is 2.43. The smallest absolute Gasteiger partial charge is 0.264 e. The highest BCUT2D eigenvalue weighted by molar-refractivity contribution is 7.89. The van der Waals surface area contributed by atoms with E-state index in [0.29, 0.717) is 24.6 Å². The van der Waals surface area contributed by atoms with Crippen molar-refractivity contribution < 1.29 is 22.8 Å². The highest BCUT2D eigenvalue weighted by Crippen LogP contribution is 2.23. The fraction of sp³-hybridized carbons (Fsp3) is 0.667. The van der Waals surface area contributed by atoms with Gasteiger partial charge >= 0.3 is 0 Å². The first-order valence-corrected chi connectivity index (χ1v) is 11.9. The van der Waals surface area contributed by atoms with Gasteiger partial charge in [-0.2, -0.15) is 0 Å². The van der Waals surface area contributed by atoms with Crippen molar-refractivity contribution in [2.75, 3.05) is 46.9 Å². The van der Waals surface area contributed by atoms with Crippen LogP contribution in [0.1, 0.15) is 37.0 Å². The van der Waals surface area contributed by atoms with Crippen LogP contribution in [0.5, 0.6) is 0 Å². The number of piperidine rings is 1. The number of carbonyl (C=O) groups is 1. The molecule has 0 bridgehead atoms. The van der Waals surface area contributed by atoms with Gasteiger partial charge in [0.25, 0.3) is 15.9 Å². The second-order valence-corrected chi connectivity index (χ2v) is 10.3. The van der Waals surface area contributed by atoms with Gasteiger partial charge in [-0.3, -0.25) is 14.5 Å². The molecular weight excluding hydrogens is 406 g/mol. The van der Waals surface area contributed by atoms with E-state index in [9.17, 15) is 13.2 Å². The number of carbonyl (C=O) groups excluding carboxylic acids is 1. The van der Waals surface area contributed by atoms with E-state index in [2.05, 4.69) is 18.7 Å². The minimum atomic E-state index is -3.79. The van der Waals surface area contributed by atoms with Crippen molar-refractivity contribution in [3.63, 3.8) is 0 Å². The van der Waals surface area contributed by atoms with E-state index in [4.69, 9.17) is 9.57 Å². The molecule has 0 spiro atoms. The first-order chi connectivity index (χ1) is 14.2. The quantitative estimate of drug-likeness (QED) is 0.629. The third-order valence-corrected chi connectivity index (χ3v) is 7.56. The van der Waals surface area contributed by atoms with Gasteiger partial charge in [-0.05, 0) is 50.8 Å². The summed E-state index contributed by atoms with van der Waals surface area (Å²) in [4.78, 5) is 22.1. The van der Waals surface area contributed by atoms with E-state index < -0.39 is 10.0 Å². The highest BCUT2D eigenvalue weighted by atomic mass is 32.2. The third kappa shape index (κ3) is 5.39. The molecule has 2 unspecified atom stereocenters. The number of hydroxylamine groups is 1. The molecule has 168 valence electrons. The molecule has 1 amide bonds. The van der Waals surface area contributed by atoms with Crippen LogP contribution in [-0.4, -0.2) is 87.7 Å². The van der Waals surface area contributed by atoms with Crippen molar-refractivity contribution >= 4 is 15.9 Å². The minimum absolute atomic E-state index is 0.0446. The molecule has 8 nitrogen and oxygen atoms in total. The maximum Gasteiger partial charge on any atom is 0.264 e. The number of benzene rings is 1. The lowest BCUT2D eigenvalue weighted by Crippen LogP contribution is -2.48. The van der Waals surface area contributed by atoms with Gasteiger partial charge in [0.1, 0.15) is 0 Å². The van der Waals surface area contributed by atoms with Crippen LogP contribution in [0.25, 0.3) is 0 Å². The minimum Gasteiger partial charge on any atom is -0.373 e. The Morgan fingerprint density at radius 2 is 1.83 bits per heavy atom. The molecule has 0 aromatic heterocycles. The predicted molar refractivity (Wildman–Crippen MR) is 113 cm³/mol. The van der Waals surface area contributed by atoms with Gasteiger partial charge in [-0.15, -0.1) is 0 Å². The summed E-state index contributed by atoms with van der Waals surface area (Å²) >= 11 is 0. The van der Waals surface area contributed by atoms with Crippen LogP contribution >= 0.6 is 0 Å². The monoisotopic (exact) mass is 439 g/mol. The number of amides is 1. The van der Waals surface area contributed by atoms with Gasteiger partial charge in [0.2, 0.25) is 0 Å². The number of likely N-dealkylation sites (tertiary alicyclic amines) is 1. The molecule has 2 saturated heterocycles. The van der Waals surface area contributed by atoms with E-state index in [1.807, 2.05) is 4.90 Å². The molecule has 3 rings (SSSR count). The molecule has 9 heteroatoms. The molecule has 0 aliphatic carbocycles. The van der Waals surface area contributed by atoms with Crippen molar-refractivity contribution in [2.24, 2.45) is 5.92 Å². The second kappa shape index (κ2) is 9.74. The summed E-state index contributed by atoms with van der Waals surface area (Å²) in [7, 11) is -1.17. The molecule has 0 saturated carbocycles. The molecular formula is C21H33N3O5S. The van der Waals surface area contributed by atoms with Crippen molar-refractivity contribution in [3.05, 3.63) is 29.8 Å². The largest absolute Gasteiger partial charge is 0.373 e. The maximum absolute atomic E-state index is 13.0. The van der Waals surface area contributed by atoms with Crippen LogP contribution in [0.2, 0.25) is 0 Å². The van der Waals surface area contributed by atoms with Gasteiger partial charge in [-0.1, -0.05) is 10.5 Å². The van der Waals surface area contributed by atoms with Gasteiger partial charge in [-0.25, -0.2) is 8.42 Å². The van der Waals surface area contributed by atoms with Crippen LogP contribution < -0.4 is 0 Å². The van der Waals surface area contributed by atoms with E-state index in [-0.39, 0.29) is 23.0 Å². The molecule has 30 heavy (non-hydrogen) atoms. The number of morpholine rings is 1. The standard InChI is InChI=1S/C21H33N3O5S/c1-16-13-23(14-17(2)29-16)15-18-8-10-24(11-9-18)21(25)19-6-5-7-20(12-19)30(26,27)22(3)28-4/h5-7,12,16-18H,8-11,13-15H2,1-4H3. The van der Waals surface area contributed by atoms with E-state index >= 15 is 0 Å². The topological polar surface area (TPSA) is 79.4 Å². The number of hydrogen-bond donors (Lipinski definition) is 0. The molecule has 2 aliphatic rings. The molecule has 1 aromatic rings. The predicted octanol–water partition coefficient (Wildman–Crippen LogP) is 1.83. The Hall–Kier alpha value is -1.52. The van der Waals surface area contributed by atoms with Crippen molar-refractivity contribution in [1.29, 1.82) is 0 Å². The average Bonchev–Trinajstić information content (AvgIpc) is 2.72. The van der Waals surface area contributed by atoms with Gasteiger partial charge < -0.3 is 9.64 Å². The Bertz CT molecular complexity index is 829. The van der Waals surface area contributed by atoms with Crippen LogP contribution in [0.15, 0.2) is 29.2 Å². The Balaban J connectivity index is 1.58. The second-order valence-electron chi connectivity index (χ2n) is 8.34. The molecule has 2 atom stereocenters. The first kappa shape index (κ1) is 23.1. The zero-order valence-electron chi connectivity index (χ0n) is 18.3. The fourth-order valence-corrected chi connectivity index (χ4v) is 5.36. The number of nitrogens with zero attached hydrogens (tertiary/aromatic N) is 3. The average molecular weight is 440 g/mol. The third-order valence-electron chi connectivity index (χ3n) is 5.89. The van der Waals surface area contributed by atoms with Crippen LogP contribution in [0.3, 0.4) is 0 Å². The number of sulfonamides is 1. The molecule has 2 fully saturated rings. The van der Waals surface area contributed by atoms with Crippen molar-refractivity contribution in [2.45, 2.75) is 43.8 Å². The van der Waals surface area contributed by atoms with Crippen molar-refractivity contribution in [1.82, 2.24) is 14.3 Å². The fourth-order valence-electron chi connectivity index (χ4n) is 4.34. The van der Waals surface area contributed by atoms with E-state index in [0.717, 1.165) is 36.9 Å². The Kier molecular flexibility index (Phi) is 7.52. The molecule has 0 N–H and O–H groups in total. The highest BCUT2D eigenvalue weighted by Gasteiger charge is 2.29. The Labute approximate surface area is 179 Å². The number of ether oxygens (including phenoxy) is 1. The van der Waals surface area contributed by atoms with Crippen LogP contribution in [0, 0.1) is 5.92 Å². The van der Waals surface area contributed by atoms with E-state index in [1.54, 1.807) is 12.1 Å². The lowest BCUT2D eigenvalue weighted by Gasteiger charge is -2.39. The summed E-state index contributed by atoms with van der Waals surface area (Å²) in [5.74, 6) is 0.438. The SMILES string of the molecule is CON(C)S(=O)(=O)c1cccc(C(=O)N2CCC(CN3CC(C)OC(C)C3)CC2)c1. The van der Waals surface area contributed by atoms with Crippen molar-refractivity contribution in [3.8, 4) is 0 Å². The zero-order chi connectivity index (χ0) is 21.9. The Morgan fingerprint density at radius 3 is 2.43 bits per heavy atom. The van der Waals surface area contributed by atoms with Gasteiger partial charge in [0.05, 0.1) is 24.2 Å². The van der Waals surface area contributed by atoms with E-state index in [1.165, 1.54) is 26.3 Å². The first-order valence-electron chi connectivity index (χ1n) is 10.5. The molecule has 2 heterocycles. The van der Waals surface area contributed by atoms with Crippen LogP contribution in [0.4, 0.5) is 0 Å². The normalized spacial score (nSPS) is 24.4. The summed E-state index contributed by atoms with van der Waals surface area (Å²) in [6.45, 7) is 8.56. The molecule has 0 radical (unpaired) electrons.